The second-order valence-electron chi connectivity index (χ2n) is 4.89. The topological polar surface area (TPSA) is 50.7 Å². The summed E-state index contributed by atoms with van der Waals surface area (Å²) in [5.74, 6) is 0.783. The maximum absolute atomic E-state index is 4.56. The fraction of sp³-hybridized carbons (Fsp3) is 0. The number of nitrogens with zero attached hydrogens (tertiary/aromatic N) is 3. The van der Waals surface area contributed by atoms with Crippen LogP contribution >= 0.6 is 51.4 Å². The molecule has 4 aromatic rings. The Labute approximate surface area is 167 Å². The number of halogens is 2. The lowest BCUT2D eigenvalue weighted by atomic mass is 10.4. The van der Waals surface area contributed by atoms with Crippen molar-refractivity contribution < 1.29 is 0 Å². The van der Waals surface area contributed by atoms with Crippen LogP contribution < -0.4 is 5.32 Å². The molecule has 1 aromatic carbocycles. The highest BCUT2D eigenvalue weighted by atomic mass is 79.9. The zero-order valence-electron chi connectivity index (χ0n) is 12.7. The number of benzene rings is 1. The molecular formula is C17H12BrClN4S2. The smallest absolute Gasteiger partial charge is 0.190 e. The molecular weight excluding hydrogens is 440 g/mol. The van der Waals surface area contributed by atoms with E-state index in [9.17, 15) is 0 Å². The minimum atomic E-state index is 0. The molecule has 3 aromatic heterocycles. The first-order chi connectivity index (χ1) is 11.8. The molecule has 8 heteroatoms. The normalized spacial score (nSPS) is 10.4. The maximum atomic E-state index is 4.56. The minimum absolute atomic E-state index is 0. The molecule has 0 saturated carbocycles. The quantitative estimate of drug-likeness (QED) is 0.402. The molecule has 3 heterocycles. The Kier molecular flexibility index (Phi) is 5.90. The largest absolute Gasteiger partial charge is 0.315 e. The Bertz CT molecular complexity index is 961. The van der Waals surface area contributed by atoms with Crippen LogP contribution in [-0.4, -0.2) is 15.0 Å². The number of thiazole rings is 1. The van der Waals surface area contributed by atoms with E-state index in [1.807, 2.05) is 30.3 Å². The van der Waals surface area contributed by atoms with E-state index in [1.165, 1.54) is 11.3 Å². The monoisotopic (exact) mass is 450 g/mol. The fourth-order valence-electron chi connectivity index (χ4n) is 2.13. The average molecular weight is 452 g/mol. The summed E-state index contributed by atoms with van der Waals surface area (Å²) in [6.45, 7) is 0. The molecule has 0 spiro atoms. The standard InChI is InChI=1S/C17H11BrN4S2.ClH/c18-11-9-14(23-12-5-2-1-3-6-12)15(20-10-11)22-17-21-13-7-4-8-19-16(13)24-17;/h1-10H,(H,20,21,22);1H. The van der Waals surface area contributed by atoms with E-state index < -0.39 is 0 Å². The van der Waals surface area contributed by atoms with Crippen molar-refractivity contribution in [3.8, 4) is 0 Å². The van der Waals surface area contributed by atoms with Gasteiger partial charge in [0, 0.05) is 21.8 Å². The number of aromatic nitrogens is 3. The first kappa shape index (κ1) is 18.1. The third kappa shape index (κ3) is 4.30. The minimum Gasteiger partial charge on any atom is -0.315 e. The molecule has 0 atom stereocenters. The number of hydrogen-bond donors (Lipinski definition) is 1. The molecule has 25 heavy (non-hydrogen) atoms. The summed E-state index contributed by atoms with van der Waals surface area (Å²) in [5.41, 5.74) is 0.888. The Balaban J connectivity index is 0.00000182. The number of nitrogens with one attached hydrogen (secondary N) is 1. The number of fused-ring (bicyclic) bond motifs is 1. The van der Waals surface area contributed by atoms with Gasteiger partial charge >= 0.3 is 0 Å². The molecule has 0 amide bonds. The lowest BCUT2D eigenvalue weighted by Gasteiger charge is -2.09. The fourth-order valence-corrected chi connectivity index (χ4v) is 4.36. The first-order valence-electron chi connectivity index (χ1n) is 7.15. The highest BCUT2D eigenvalue weighted by molar-refractivity contribution is 9.10. The maximum Gasteiger partial charge on any atom is 0.190 e. The van der Waals surface area contributed by atoms with Gasteiger partial charge in [0.2, 0.25) is 0 Å². The van der Waals surface area contributed by atoms with Crippen LogP contribution in [0.4, 0.5) is 10.9 Å². The third-order valence-electron chi connectivity index (χ3n) is 3.18. The van der Waals surface area contributed by atoms with Crippen LogP contribution in [-0.2, 0) is 0 Å². The molecule has 0 aliphatic carbocycles. The van der Waals surface area contributed by atoms with E-state index in [0.29, 0.717) is 0 Å². The van der Waals surface area contributed by atoms with Gasteiger partial charge in [-0.1, -0.05) is 41.3 Å². The molecule has 0 radical (unpaired) electrons. The van der Waals surface area contributed by atoms with E-state index in [4.69, 9.17) is 0 Å². The zero-order chi connectivity index (χ0) is 16.4. The van der Waals surface area contributed by atoms with Gasteiger partial charge in [0.1, 0.15) is 16.2 Å². The molecule has 0 unspecified atom stereocenters. The molecule has 0 aliphatic rings. The van der Waals surface area contributed by atoms with Crippen LogP contribution in [0.2, 0.25) is 0 Å². The van der Waals surface area contributed by atoms with Gasteiger partial charge < -0.3 is 5.32 Å². The Hall–Kier alpha value is -1.67. The summed E-state index contributed by atoms with van der Waals surface area (Å²) in [5, 5.41) is 4.11. The van der Waals surface area contributed by atoms with Crippen molar-refractivity contribution in [2.45, 2.75) is 9.79 Å². The summed E-state index contributed by atoms with van der Waals surface area (Å²) in [6.07, 6.45) is 3.56. The second-order valence-corrected chi connectivity index (χ2v) is 7.90. The van der Waals surface area contributed by atoms with Gasteiger partial charge in [-0.3, -0.25) is 0 Å². The van der Waals surface area contributed by atoms with Crippen molar-refractivity contribution in [2.24, 2.45) is 0 Å². The summed E-state index contributed by atoms with van der Waals surface area (Å²) in [4.78, 5) is 16.5. The predicted octanol–water partition coefficient (Wildman–Crippen LogP) is 6.17. The number of pyridine rings is 2. The molecule has 4 rings (SSSR count). The first-order valence-corrected chi connectivity index (χ1v) is 9.57. The van der Waals surface area contributed by atoms with Gasteiger partial charge in [-0.2, -0.15) is 0 Å². The molecule has 0 fully saturated rings. The third-order valence-corrected chi connectivity index (χ3v) is 5.55. The molecule has 4 nitrogen and oxygen atoms in total. The van der Waals surface area contributed by atoms with E-state index >= 15 is 0 Å². The SMILES string of the molecule is Brc1cnc(Nc2nc3cccnc3s2)c(Sc2ccccc2)c1.Cl. The van der Waals surface area contributed by atoms with Crippen LogP contribution in [0.25, 0.3) is 10.3 Å². The van der Waals surface area contributed by atoms with Crippen LogP contribution in [0.15, 0.2) is 75.2 Å². The number of rotatable bonds is 4. The number of hydrogen-bond acceptors (Lipinski definition) is 6. The Morgan fingerprint density at radius 2 is 1.88 bits per heavy atom. The van der Waals surface area contributed by atoms with Crippen molar-refractivity contribution in [1.29, 1.82) is 0 Å². The van der Waals surface area contributed by atoms with Gasteiger partial charge in [0.05, 0.1) is 4.90 Å². The molecule has 0 saturated heterocycles. The highest BCUT2D eigenvalue weighted by Crippen LogP contribution is 2.36. The molecule has 0 bridgehead atoms. The average Bonchev–Trinajstić information content (AvgIpc) is 3.01. The van der Waals surface area contributed by atoms with Gasteiger partial charge in [0.25, 0.3) is 0 Å². The summed E-state index contributed by atoms with van der Waals surface area (Å²) in [6, 6.07) is 16.1. The van der Waals surface area contributed by atoms with Crippen LogP contribution in [0.5, 0.6) is 0 Å². The van der Waals surface area contributed by atoms with Crippen molar-refractivity contribution in [3.63, 3.8) is 0 Å². The molecule has 126 valence electrons. The van der Waals surface area contributed by atoms with Crippen molar-refractivity contribution >= 4 is 72.7 Å². The van der Waals surface area contributed by atoms with E-state index in [-0.39, 0.29) is 12.4 Å². The van der Waals surface area contributed by atoms with Gasteiger partial charge in [-0.25, -0.2) is 15.0 Å². The Morgan fingerprint density at radius 1 is 1.04 bits per heavy atom. The van der Waals surface area contributed by atoms with Gasteiger partial charge in [-0.05, 0) is 46.3 Å². The Morgan fingerprint density at radius 3 is 2.68 bits per heavy atom. The summed E-state index contributed by atoms with van der Waals surface area (Å²) in [7, 11) is 0. The van der Waals surface area contributed by atoms with Crippen LogP contribution in [0.1, 0.15) is 0 Å². The summed E-state index contributed by atoms with van der Waals surface area (Å²) >= 11 is 6.67. The number of anilines is 2. The summed E-state index contributed by atoms with van der Waals surface area (Å²) < 4.78 is 0.942. The van der Waals surface area contributed by atoms with Crippen molar-refractivity contribution in [2.75, 3.05) is 5.32 Å². The van der Waals surface area contributed by atoms with Crippen LogP contribution in [0.3, 0.4) is 0 Å². The second kappa shape index (κ2) is 8.14. The predicted molar refractivity (Wildman–Crippen MR) is 110 cm³/mol. The van der Waals surface area contributed by atoms with Gasteiger partial charge in [-0.15, -0.1) is 12.4 Å². The van der Waals surface area contributed by atoms with Crippen molar-refractivity contribution in [3.05, 3.63) is 65.4 Å². The van der Waals surface area contributed by atoms with Gasteiger partial charge in [0.15, 0.2) is 5.13 Å². The van der Waals surface area contributed by atoms with E-state index in [2.05, 4.69) is 54.4 Å². The zero-order valence-corrected chi connectivity index (χ0v) is 16.8. The van der Waals surface area contributed by atoms with E-state index in [0.717, 1.165) is 35.6 Å². The van der Waals surface area contributed by atoms with Crippen molar-refractivity contribution in [1.82, 2.24) is 15.0 Å². The molecule has 0 aliphatic heterocycles. The lowest BCUT2D eigenvalue weighted by molar-refractivity contribution is 1.20. The van der Waals surface area contributed by atoms with Crippen LogP contribution in [0, 0.1) is 0 Å². The highest BCUT2D eigenvalue weighted by Gasteiger charge is 2.11. The lowest BCUT2D eigenvalue weighted by Crippen LogP contribution is -1.95. The van der Waals surface area contributed by atoms with E-state index in [1.54, 1.807) is 24.2 Å². The molecule has 1 N–H and O–H groups in total.